The summed E-state index contributed by atoms with van der Waals surface area (Å²) in [5, 5.41) is 4.60. The standard InChI is InChI=1S/C15H14Cl2N2O/c16-10-5-6-14(18)12(9-10)15(19-7-8-20-15)11-3-1-2-4-13(11)17/h1-6,9,19H,7-8,18H2. The van der Waals surface area contributed by atoms with E-state index in [1.807, 2.05) is 30.3 Å². The van der Waals surface area contributed by atoms with Gasteiger partial charge in [0.2, 0.25) is 0 Å². The Morgan fingerprint density at radius 3 is 2.60 bits per heavy atom. The second-order valence-corrected chi connectivity index (χ2v) is 5.51. The molecule has 0 bridgehead atoms. The molecule has 5 heteroatoms. The highest BCUT2D eigenvalue weighted by molar-refractivity contribution is 6.31. The molecule has 1 aliphatic rings. The van der Waals surface area contributed by atoms with Crippen LogP contribution in [0.3, 0.4) is 0 Å². The highest BCUT2D eigenvalue weighted by Crippen LogP contribution is 2.40. The molecule has 0 aliphatic carbocycles. The van der Waals surface area contributed by atoms with Crippen LogP contribution in [0.2, 0.25) is 10.0 Å². The summed E-state index contributed by atoms with van der Waals surface area (Å²) in [4.78, 5) is 0. The van der Waals surface area contributed by atoms with Crippen molar-refractivity contribution in [3.05, 3.63) is 63.6 Å². The molecule has 3 N–H and O–H groups in total. The van der Waals surface area contributed by atoms with Crippen LogP contribution in [0, 0.1) is 0 Å². The first-order valence-electron chi connectivity index (χ1n) is 6.33. The third-order valence-electron chi connectivity index (χ3n) is 3.44. The minimum atomic E-state index is -0.840. The molecular weight excluding hydrogens is 295 g/mol. The normalized spacial score (nSPS) is 22.1. The number of nitrogens with two attached hydrogens (primary N) is 1. The fraction of sp³-hybridized carbons (Fsp3) is 0.200. The summed E-state index contributed by atoms with van der Waals surface area (Å²) in [6.45, 7) is 1.30. The van der Waals surface area contributed by atoms with Gasteiger partial charge in [0.15, 0.2) is 5.72 Å². The predicted octanol–water partition coefficient (Wildman–Crippen LogP) is 3.40. The summed E-state index contributed by atoms with van der Waals surface area (Å²) in [5.74, 6) is 0. The molecule has 1 atom stereocenters. The third kappa shape index (κ3) is 2.17. The van der Waals surface area contributed by atoms with Crippen LogP contribution in [-0.4, -0.2) is 13.2 Å². The molecule has 0 amide bonds. The Morgan fingerprint density at radius 1 is 1.10 bits per heavy atom. The molecule has 1 fully saturated rings. The summed E-state index contributed by atoms with van der Waals surface area (Å²) in [5.41, 5.74) is 7.52. The van der Waals surface area contributed by atoms with Crippen LogP contribution >= 0.6 is 23.2 Å². The zero-order valence-corrected chi connectivity index (χ0v) is 12.2. The second kappa shape index (κ2) is 5.26. The van der Waals surface area contributed by atoms with Gasteiger partial charge in [0, 0.05) is 33.4 Å². The van der Waals surface area contributed by atoms with Crippen LogP contribution < -0.4 is 11.1 Å². The minimum absolute atomic E-state index is 0.581. The molecule has 0 saturated carbocycles. The molecular formula is C15H14Cl2N2O. The Hall–Kier alpha value is -1.26. The van der Waals surface area contributed by atoms with Crippen LogP contribution in [0.5, 0.6) is 0 Å². The molecule has 20 heavy (non-hydrogen) atoms. The Morgan fingerprint density at radius 2 is 1.90 bits per heavy atom. The minimum Gasteiger partial charge on any atom is -0.398 e. The van der Waals surface area contributed by atoms with Crippen molar-refractivity contribution in [2.45, 2.75) is 5.72 Å². The summed E-state index contributed by atoms with van der Waals surface area (Å²) in [6.07, 6.45) is 0. The van der Waals surface area contributed by atoms with E-state index in [0.29, 0.717) is 22.3 Å². The Labute approximate surface area is 127 Å². The van der Waals surface area contributed by atoms with Gasteiger partial charge < -0.3 is 10.5 Å². The van der Waals surface area contributed by atoms with E-state index in [1.54, 1.807) is 12.1 Å². The average molecular weight is 309 g/mol. The number of hydrogen-bond donors (Lipinski definition) is 2. The molecule has 104 valence electrons. The summed E-state index contributed by atoms with van der Waals surface area (Å²) in [6, 6.07) is 12.9. The second-order valence-electron chi connectivity index (χ2n) is 4.67. The Balaban J connectivity index is 2.23. The van der Waals surface area contributed by atoms with E-state index >= 15 is 0 Å². The molecule has 2 aromatic carbocycles. The van der Waals surface area contributed by atoms with E-state index in [4.69, 9.17) is 33.7 Å². The van der Waals surface area contributed by atoms with Gasteiger partial charge in [0.25, 0.3) is 0 Å². The highest BCUT2D eigenvalue weighted by Gasteiger charge is 2.41. The van der Waals surface area contributed by atoms with E-state index < -0.39 is 5.72 Å². The first-order chi connectivity index (χ1) is 9.63. The van der Waals surface area contributed by atoms with Gasteiger partial charge in [-0.3, -0.25) is 5.32 Å². The molecule has 2 aromatic rings. The zero-order valence-electron chi connectivity index (χ0n) is 10.7. The van der Waals surface area contributed by atoms with Crippen LogP contribution in [0.4, 0.5) is 5.69 Å². The lowest BCUT2D eigenvalue weighted by atomic mass is 9.93. The van der Waals surface area contributed by atoms with Crippen molar-refractivity contribution in [3.8, 4) is 0 Å². The van der Waals surface area contributed by atoms with Gasteiger partial charge in [-0.25, -0.2) is 0 Å². The SMILES string of the molecule is Nc1ccc(Cl)cc1C1(c2ccccc2Cl)NCCO1. The van der Waals surface area contributed by atoms with E-state index in [9.17, 15) is 0 Å². The van der Waals surface area contributed by atoms with Crippen molar-refractivity contribution in [2.24, 2.45) is 0 Å². The van der Waals surface area contributed by atoms with Crippen LogP contribution in [0.15, 0.2) is 42.5 Å². The molecule has 0 spiro atoms. The molecule has 3 nitrogen and oxygen atoms in total. The maximum absolute atomic E-state index is 6.34. The number of halogens is 2. The first-order valence-corrected chi connectivity index (χ1v) is 7.08. The van der Waals surface area contributed by atoms with Gasteiger partial charge in [-0.05, 0) is 24.3 Å². The highest BCUT2D eigenvalue weighted by atomic mass is 35.5. The van der Waals surface area contributed by atoms with E-state index in [-0.39, 0.29) is 0 Å². The number of benzene rings is 2. The largest absolute Gasteiger partial charge is 0.398 e. The molecule has 0 radical (unpaired) electrons. The average Bonchev–Trinajstić information content (AvgIpc) is 2.92. The number of rotatable bonds is 2. The smallest absolute Gasteiger partial charge is 0.175 e. The van der Waals surface area contributed by atoms with Gasteiger partial charge >= 0.3 is 0 Å². The van der Waals surface area contributed by atoms with E-state index in [0.717, 1.165) is 17.7 Å². The van der Waals surface area contributed by atoms with Gasteiger partial charge in [-0.1, -0.05) is 41.4 Å². The van der Waals surface area contributed by atoms with Gasteiger partial charge in [-0.2, -0.15) is 0 Å². The van der Waals surface area contributed by atoms with E-state index in [1.165, 1.54) is 0 Å². The summed E-state index contributed by atoms with van der Waals surface area (Å²) in [7, 11) is 0. The van der Waals surface area contributed by atoms with Gasteiger partial charge in [0.05, 0.1) is 6.61 Å². The maximum atomic E-state index is 6.34. The van der Waals surface area contributed by atoms with Crippen LogP contribution in [0.1, 0.15) is 11.1 Å². The maximum Gasteiger partial charge on any atom is 0.175 e. The van der Waals surface area contributed by atoms with Crippen molar-refractivity contribution >= 4 is 28.9 Å². The molecule has 3 rings (SSSR count). The quantitative estimate of drug-likeness (QED) is 0.836. The molecule has 1 unspecified atom stereocenters. The topological polar surface area (TPSA) is 47.3 Å². The summed E-state index contributed by atoms with van der Waals surface area (Å²) >= 11 is 12.5. The molecule has 1 saturated heterocycles. The van der Waals surface area contributed by atoms with E-state index in [2.05, 4.69) is 5.32 Å². The van der Waals surface area contributed by atoms with Crippen molar-refractivity contribution < 1.29 is 4.74 Å². The van der Waals surface area contributed by atoms with Gasteiger partial charge in [0.1, 0.15) is 0 Å². The van der Waals surface area contributed by atoms with Crippen molar-refractivity contribution in [3.63, 3.8) is 0 Å². The number of hydrogen-bond acceptors (Lipinski definition) is 3. The fourth-order valence-electron chi connectivity index (χ4n) is 2.55. The molecule has 0 aromatic heterocycles. The van der Waals surface area contributed by atoms with Crippen molar-refractivity contribution in [1.29, 1.82) is 0 Å². The molecule has 1 aliphatic heterocycles. The van der Waals surface area contributed by atoms with Crippen LogP contribution in [0.25, 0.3) is 0 Å². The fourth-order valence-corrected chi connectivity index (χ4v) is 2.99. The lowest BCUT2D eigenvalue weighted by molar-refractivity contribution is 0.0231. The lowest BCUT2D eigenvalue weighted by Gasteiger charge is -2.31. The Kier molecular flexibility index (Phi) is 3.61. The summed E-state index contributed by atoms with van der Waals surface area (Å²) < 4.78 is 6.00. The van der Waals surface area contributed by atoms with Crippen molar-refractivity contribution in [2.75, 3.05) is 18.9 Å². The molecule has 1 heterocycles. The Bertz CT molecular complexity index is 640. The number of nitrogens with one attached hydrogen (secondary N) is 1. The van der Waals surface area contributed by atoms with Crippen molar-refractivity contribution in [1.82, 2.24) is 5.32 Å². The monoisotopic (exact) mass is 308 g/mol. The number of nitrogen functional groups attached to an aromatic ring is 1. The van der Waals surface area contributed by atoms with Gasteiger partial charge in [-0.15, -0.1) is 0 Å². The lowest BCUT2D eigenvalue weighted by Crippen LogP contribution is -2.40. The number of ether oxygens (including phenoxy) is 1. The number of anilines is 1. The predicted molar refractivity (Wildman–Crippen MR) is 82.1 cm³/mol. The third-order valence-corrected chi connectivity index (χ3v) is 4.01. The zero-order chi connectivity index (χ0) is 14.2. The first kappa shape index (κ1) is 13.7. The van der Waals surface area contributed by atoms with Crippen LogP contribution in [-0.2, 0) is 10.5 Å².